The van der Waals surface area contributed by atoms with Gasteiger partial charge in [-0.1, -0.05) is 25.5 Å². The summed E-state index contributed by atoms with van der Waals surface area (Å²) in [6, 6.07) is 6.71. The molecule has 160 valence electrons. The smallest absolute Gasteiger partial charge is 0.222 e. The molecule has 0 spiro atoms. The summed E-state index contributed by atoms with van der Waals surface area (Å²) in [7, 11) is 1.69. The molecule has 1 saturated heterocycles. The summed E-state index contributed by atoms with van der Waals surface area (Å²) in [5, 5.41) is 11.5. The molecule has 1 aliphatic heterocycles. The molecule has 0 atom stereocenters. The zero-order valence-electron chi connectivity index (χ0n) is 17.5. The van der Waals surface area contributed by atoms with Crippen molar-refractivity contribution in [2.24, 2.45) is 0 Å². The molecule has 3 heterocycles. The Kier molecular flexibility index (Phi) is 6.29. The zero-order valence-corrected chi connectivity index (χ0v) is 17.5. The van der Waals surface area contributed by atoms with Crippen LogP contribution in [0.5, 0.6) is 5.75 Å². The quantitative estimate of drug-likeness (QED) is 0.435. The molecule has 9 heteroatoms. The molecule has 4 N–H and O–H groups in total. The number of rotatable bonds is 10. The number of methoxy groups -OCH3 is 1. The summed E-state index contributed by atoms with van der Waals surface area (Å²) < 4.78 is 12.7. The first kappa shape index (κ1) is 20.4. The highest BCUT2D eigenvalue weighted by atomic mass is 16.5. The van der Waals surface area contributed by atoms with Gasteiger partial charge in [0, 0.05) is 18.7 Å². The van der Waals surface area contributed by atoms with Crippen molar-refractivity contribution in [2.45, 2.75) is 38.9 Å². The van der Waals surface area contributed by atoms with Gasteiger partial charge in [0.05, 0.1) is 39.1 Å². The molecule has 1 aliphatic rings. The highest BCUT2D eigenvalue weighted by Crippen LogP contribution is 2.24. The largest absolute Gasteiger partial charge is 0.496 e. The maximum atomic E-state index is 5.88. The van der Waals surface area contributed by atoms with Gasteiger partial charge in [0.15, 0.2) is 11.3 Å². The Morgan fingerprint density at radius 2 is 2.17 bits per heavy atom. The summed E-state index contributed by atoms with van der Waals surface area (Å²) in [4.78, 5) is 8.66. The molecule has 9 nitrogen and oxygen atoms in total. The Balaban J connectivity index is 1.52. The number of nitrogen functional groups attached to an aromatic ring is 1. The molecule has 3 aromatic rings. The summed E-state index contributed by atoms with van der Waals surface area (Å²) in [5.41, 5.74) is 9.55. The Morgan fingerprint density at radius 3 is 2.90 bits per heavy atom. The van der Waals surface area contributed by atoms with E-state index in [1.165, 1.54) is 5.56 Å². The lowest BCUT2D eigenvalue weighted by Crippen LogP contribution is -2.45. The van der Waals surface area contributed by atoms with E-state index in [9.17, 15) is 0 Å². The van der Waals surface area contributed by atoms with Gasteiger partial charge in [-0.3, -0.25) is 4.68 Å². The minimum Gasteiger partial charge on any atom is -0.496 e. The molecular formula is C21H29N7O2. The molecule has 0 aliphatic carbocycles. The minimum absolute atomic E-state index is 0.243. The Hall–Kier alpha value is -2.91. The topological polar surface area (TPSA) is 112 Å². The van der Waals surface area contributed by atoms with Crippen LogP contribution in [0.15, 0.2) is 24.4 Å². The number of aromatic nitrogens is 4. The van der Waals surface area contributed by atoms with Gasteiger partial charge in [-0.2, -0.15) is 10.1 Å². The molecule has 0 radical (unpaired) electrons. The molecule has 0 unspecified atom stereocenters. The van der Waals surface area contributed by atoms with Crippen molar-refractivity contribution in [2.75, 3.05) is 37.9 Å². The molecule has 30 heavy (non-hydrogen) atoms. The van der Waals surface area contributed by atoms with Gasteiger partial charge in [0.1, 0.15) is 11.3 Å². The second kappa shape index (κ2) is 9.27. The van der Waals surface area contributed by atoms with Crippen LogP contribution in [-0.4, -0.2) is 52.7 Å². The number of hydrogen-bond acceptors (Lipinski definition) is 8. The van der Waals surface area contributed by atoms with E-state index in [-0.39, 0.29) is 5.95 Å². The Labute approximate surface area is 176 Å². The van der Waals surface area contributed by atoms with Crippen LogP contribution >= 0.6 is 0 Å². The monoisotopic (exact) mass is 411 g/mol. The first-order valence-electron chi connectivity index (χ1n) is 10.4. The van der Waals surface area contributed by atoms with E-state index in [0.717, 1.165) is 61.5 Å². The SMILES string of the molecule is CCCCNc1nc(N)nc2cn(Cc3ccc(CNC4COC4)cc3OC)nc12. The summed E-state index contributed by atoms with van der Waals surface area (Å²) >= 11 is 0. The molecule has 0 amide bonds. The number of fused-ring (bicyclic) bond motifs is 1. The van der Waals surface area contributed by atoms with Crippen molar-refractivity contribution in [1.29, 1.82) is 0 Å². The third-order valence-corrected chi connectivity index (χ3v) is 5.17. The van der Waals surface area contributed by atoms with Crippen molar-refractivity contribution in [1.82, 2.24) is 25.1 Å². The van der Waals surface area contributed by atoms with Crippen molar-refractivity contribution < 1.29 is 9.47 Å². The normalized spacial score (nSPS) is 14.1. The predicted octanol–water partition coefficient (Wildman–Crippen LogP) is 2.17. The van der Waals surface area contributed by atoms with Crippen molar-refractivity contribution >= 4 is 22.8 Å². The summed E-state index contributed by atoms with van der Waals surface area (Å²) in [6.45, 7) is 5.90. The third-order valence-electron chi connectivity index (χ3n) is 5.17. The van der Waals surface area contributed by atoms with Crippen LogP contribution in [0.3, 0.4) is 0 Å². The van der Waals surface area contributed by atoms with Crippen molar-refractivity contribution in [3.8, 4) is 5.75 Å². The fourth-order valence-electron chi connectivity index (χ4n) is 3.38. The summed E-state index contributed by atoms with van der Waals surface area (Å²) in [6.07, 6.45) is 4.05. The number of nitrogens with zero attached hydrogens (tertiary/aromatic N) is 4. The predicted molar refractivity (Wildman–Crippen MR) is 117 cm³/mol. The van der Waals surface area contributed by atoms with Gasteiger partial charge < -0.3 is 25.8 Å². The molecule has 0 saturated carbocycles. The van der Waals surface area contributed by atoms with E-state index >= 15 is 0 Å². The second-order valence-corrected chi connectivity index (χ2v) is 7.53. The molecule has 4 rings (SSSR count). The van der Waals surface area contributed by atoms with Crippen LogP contribution in [0.1, 0.15) is 30.9 Å². The lowest BCUT2D eigenvalue weighted by molar-refractivity contribution is -0.00578. The minimum atomic E-state index is 0.243. The maximum Gasteiger partial charge on any atom is 0.222 e. The van der Waals surface area contributed by atoms with E-state index in [1.807, 2.05) is 10.9 Å². The molecule has 0 bridgehead atoms. The molecule has 1 fully saturated rings. The number of nitrogens with two attached hydrogens (primary N) is 1. The summed E-state index contributed by atoms with van der Waals surface area (Å²) in [5.74, 6) is 1.76. The van der Waals surface area contributed by atoms with Gasteiger partial charge >= 0.3 is 0 Å². The first-order valence-corrected chi connectivity index (χ1v) is 10.4. The van der Waals surface area contributed by atoms with Crippen LogP contribution in [0, 0.1) is 0 Å². The van der Waals surface area contributed by atoms with E-state index < -0.39 is 0 Å². The van der Waals surface area contributed by atoms with Crippen molar-refractivity contribution in [3.63, 3.8) is 0 Å². The highest BCUT2D eigenvalue weighted by Gasteiger charge is 2.17. The Bertz CT molecular complexity index is 1000. The van der Waals surface area contributed by atoms with Crippen LogP contribution in [-0.2, 0) is 17.8 Å². The van der Waals surface area contributed by atoms with Crippen LogP contribution < -0.4 is 21.1 Å². The van der Waals surface area contributed by atoms with E-state index in [0.29, 0.717) is 18.4 Å². The number of unbranched alkanes of at least 4 members (excludes halogenated alkanes) is 1. The van der Waals surface area contributed by atoms with E-state index in [4.69, 9.17) is 20.3 Å². The Morgan fingerprint density at radius 1 is 1.30 bits per heavy atom. The fraction of sp³-hybridized carbons (Fsp3) is 0.476. The van der Waals surface area contributed by atoms with Crippen LogP contribution in [0.2, 0.25) is 0 Å². The maximum absolute atomic E-state index is 5.88. The van der Waals surface area contributed by atoms with Gasteiger partial charge in [-0.25, -0.2) is 4.98 Å². The lowest BCUT2D eigenvalue weighted by atomic mass is 10.1. The zero-order chi connectivity index (χ0) is 20.9. The standard InChI is InChI=1S/C21H29N7O2/c1-3-4-7-23-20-19-17(25-21(22)26-20)11-28(27-19)10-15-6-5-14(8-18(15)29-2)9-24-16-12-30-13-16/h5-6,8,11,16,24H,3-4,7,9-10,12-13H2,1-2H3,(H3,22,23,25,26). The average molecular weight is 412 g/mol. The number of anilines is 2. The number of hydrogen-bond donors (Lipinski definition) is 3. The molecule has 1 aromatic carbocycles. The van der Waals surface area contributed by atoms with Gasteiger partial charge in [0.2, 0.25) is 5.95 Å². The number of nitrogens with one attached hydrogen (secondary N) is 2. The van der Waals surface area contributed by atoms with E-state index in [1.54, 1.807) is 7.11 Å². The van der Waals surface area contributed by atoms with Crippen LogP contribution in [0.4, 0.5) is 11.8 Å². The lowest BCUT2D eigenvalue weighted by Gasteiger charge is -2.27. The highest BCUT2D eigenvalue weighted by molar-refractivity contribution is 5.85. The molecular weight excluding hydrogens is 382 g/mol. The van der Waals surface area contributed by atoms with Crippen LogP contribution in [0.25, 0.3) is 11.0 Å². The fourth-order valence-corrected chi connectivity index (χ4v) is 3.38. The average Bonchev–Trinajstić information content (AvgIpc) is 3.10. The third kappa shape index (κ3) is 4.63. The second-order valence-electron chi connectivity index (χ2n) is 7.53. The van der Waals surface area contributed by atoms with Gasteiger partial charge in [-0.15, -0.1) is 0 Å². The van der Waals surface area contributed by atoms with Gasteiger partial charge in [0.25, 0.3) is 0 Å². The van der Waals surface area contributed by atoms with Gasteiger partial charge in [-0.05, 0) is 18.1 Å². The van der Waals surface area contributed by atoms with Crippen molar-refractivity contribution in [3.05, 3.63) is 35.5 Å². The number of ether oxygens (including phenoxy) is 2. The number of benzene rings is 1. The molecule has 2 aromatic heterocycles. The first-order chi connectivity index (χ1) is 14.7. The van der Waals surface area contributed by atoms with E-state index in [2.05, 4.69) is 45.7 Å².